The van der Waals surface area contributed by atoms with Crippen molar-refractivity contribution in [2.75, 3.05) is 7.11 Å². The molecule has 0 fully saturated rings. The van der Waals surface area contributed by atoms with Crippen molar-refractivity contribution in [3.05, 3.63) is 59.2 Å². The van der Waals surface area contributed by atoms with E-state index in [1.807, 2.05) is 0 Å². The molecule has 2 atom stereocenters. The molecule has 0 bridgehead atoms. The Kier molecular flexibility index (Phi) is 3.04. The van der Waals surface area contributed by atoms with Crippen LogP contribution in [-0.4, -0.2) is 34.3 Å². The molecule has 1 unspecified atom stereocenters. The number of carbonyl (C=O) groups is 1. The highest BCUT2D eigenvalue weighted by Crippen LogP contribution is 2.57. The van der Waals surface area contributed by atoms with Crippen LogP contribution in [0.1, 0.15) is 27.9 Å². The fraction of sp³-hybridized carbons (Fsp3) is 0.190. The first-order chi connectivity index (χ1) is 13.0. The molecular formula is C21H16O6. The average molecular weight is 364 g/mol. The summed E-state index contributed by atoms with van der Waals surface area (Å²) < 4.78 is 12.0. The fourth-order valence-electron chi connectivity index (χ4n) is 4.47. The molecule has 3 aromatic carbocycles. The number of phenols is 3. The van der Waals surface area contributed by atoms with Crippen LogP contribution in [0.15, 0.2) is 42.5 Å². The molecule has 3 N–H and O–H groups in total. The molecule has 0 aromatic heterocycles. The summed E-state index contributed by atoms with van der Waals surface area (Å²) >= 11 is 0. The van der Waals surface area contributed by atoms with E-state index < -0.39 is 11.7 Å². The number of fused-ring (bicyclic) bond motifs is 3. The Balaban J connectivity index is 1.94. The largest absolute Gasteiger partial charge is 0.507 e. The van der Waals surface area contributed by atoms with Crippen molar-refractivity contribution < 1.29 is 29.6 Å². The molecule has 6 nitrogen and oxygen atoms in total. The third-order valence-corrected chi connectivity index (χ3v) is 5.57. The van der Waals surface area contributed by atoms with Crippen molar-refractivity contribution in [2.45, 2.75) is 18.1 Å². The summed E-state index contributed by atoms with van der Waals surface area (Å²) in [6, 6.07) is 11.0. The Bertz CT molecular complexity index is 1130. The number of hydrogen-bond acceptors (Lipinski definition) is 6. The van der Waals surface area contributed by atoms with Gasteiger partial charge in [0, 0.05) is 30.0 Å². The highest BCUT2D eigenvalue weighted by atomic mass is 16.6. The number of aromatic hydroxyl groups is 3. The van der Waals surface area contributed by atoms with Crippen LogP contribution >= 0.6 is 0 Å². The van der Waals surface area contributed by atoms with Gasteiger partial charge in [-0.15, -0.1) is 0 Å². The molecule has 27 heavy (non-hydrogen) atoms. The molecule has 136 valence electrons. The molecule has 1 aliphatic carbocycles. The Morgan fingerprint density at radius 2 is 1.74 bits per heavy atom. The second-order valence-electron chi connectivity index (χ2n) is 6.85. The van der Waals surface area contributed by atoms with E-state index in [1.165, 1.54) is 25.3 Å². The monoisotopic (exact) mass is 364 g/mol. The number of ketones is 1. The predicted molar refractivity (Wildman–Crippen MR) is 96.5 cm³/mol. The SMILES string of the molecule is COC1CC(=O)c2cccc(O)c2[C@]12Oc1ccc(O)c3c(O)ccc2c13. The second-order valence-corrected chi connectivity index (χ2v) is 6.85. The molecule has 5 rings (SSSR count). The van der Waals surface area contributed by atoms with Crippen molar-refractivity contribution >= 4 is 16.6 Å². The Morgan fingerprint density at radius 1 is 1.00 bits per heavy atom. The molecule has 0 radical (unpaired) electrons. The van der Waals surface area contributed by atoms with E-state index >= 15 is 0 Å². The molecule has 1 heterocycles. The Hall–Kier alpha value is -3.25. The quantitative estimate of drug-likeness (QED) is 0.614. The van der Waals surface area contributed by atoms with Crippen LogP contribution in [0.4, 0.5) is 0 Å². The normalized spacial score (nSPS) is 22.9. The molecular weight excluding hydrogens is 348 g/mol. The lowest BCUT2D eigenvalue weighted by molar-refractivity contribution is -0.0528. The van der Waals surface area contributed by atoms with Crippen LogP contribution in [-0.2, 0) is 10.3 Å². The van der Waals surface area contributed by atoms with E-state index in [4.69, 9.17) is 9.47 Å². The van der Waals surface area contributed by atoms with Gasteiger partial charge < -0.3 is 24.8 Å². The second kappa shape index (κ2) is 5.14. The number of methoxy groups -OCH3 is 1. The van der Waals surface area contributed by atoms with Gasteiger partial charge in [0.05, 0.1) is 10.9 Å². The van der Waals surface area contributed by atoms with Gasteiger partial charge in [-0.05, 0) is 24.3 Å². The molecule has 6 heteroatoms. The van der Waals surface area contributed by atoms with E-state index in [0.29, 0.717) is 27.8 Å². The number of rotatable bonds is 1. The van der Waals surface area contributed by atoms with E-state index in [1.54, 1.807) is 24.3 Å². The molecule has 2 aliphatic rings. The third-order valence-electron chi connectivity index (χ3n) is 5.57. The van der Waals surface area contributed by atoms with Crippen LogP contribution in [0.3, 0.4) is 0 Å². The van der Waals surface area contributed by atoms with Crippen molar-refractivity contribution in [2.24, 2.45) is 0 Å². The maximum absolute atomic E-state index is 12.6. The third kappa shape index (κ3) is 1.80. The number of benzene rings is 3. The van der Waals surface area contributed by atoms with E-state index in [9.17, 15) is 20.1 Å². The van der Waals surface area contributed by atoms with Gasteiger partial charge in [-0.1, -0.05) is 18.2 Å². The van der Waals surface area contributed by atoms with Crippen LogP contribution in [0.25, 0.3) is 10.8 Å². The zero-order valence-corrected chi connectivity index (χ0v) is 14.4. The Morgan fingerprint density at radius 3 is 2.48 bits per heavy atom. The summed E-state index contributed by atoms with van der Waals surface area (Å²) in [5.74, 6) is 0.0789. The van der Waals surface area contributed by atoms with Crippen molar-refractivity contribution in [1.82, 2.24) is 0 Å². The minimum atomic E-state index is -1.26. The first-order valence-electron chi connectivity index (χ1n) is 8.54. The average Bonchev–Trinajstić information content (AvgIpc) is 2.98. The van der Waals surface area contributed by atoms with Gasteiger partial charge in [0.1, 0.15) is 29.1 Å². The van der Waals surface area contributed by atoms with E-state index in [2.05, 4.69) is 0 Å². The predicted octanol–water partition coefficient (Wildman–Crippen LogP) is 3.19. The molecule has 1 spiro atoms. The lowest BCUT2D eigenvalue weighted by Crippen LogP contribution is -2.50. The number of ether oxygens (including phenoxy) is 2. The summed E-state index contributed by atoms with van der Waals surface area (Å²) in [5.41, 5.74) is 0.0893. The molecule has 0 saturated carbocycles. The van der Waals surface area contributed by atoms with Gasteiger partial charge in [0.2, 0.25) is 0 Å². The van der Waals surface area contributed by atoms with Crippen LogP contribution < -0.4 is 4.74 Å². The number of Topliss-reactive ketones (excluding diaryl/α,β-unsaturated/α-hetero) is 1. The lowest BCUT2D eigenvalue weighted by Gasteiger charge is -2.41. The molecule has 0 amide bonds. The van der Waals surface area contributed by atoms with Crippen molar-refractivity contribution in [3.8, 4) is 23.0 Å². The van der Waals surface area contributed by atoms with Gasteiger partial charge in [-0.2, -0.15) is 0 Å². The standard InChI is InChI=1S/C21H16O6/c1-26-17-9-15(25)10-3-2-4-14(24)20(10)21(17)11-5-6-12(22)19-13(23)7-8-16(27-21)18(11)19/h2-8,17,22-24H,9H2,1H3/t17?,21-/m1/s1. The fourth-order valence-corrected chi connectivity index (χ4v) is 4.47. The van der Waals surface area contributed by atoms with Gasteiger partial charge in [-0.25, -0.2) is 0 Å². The van der Waals surface area contributed by atoms with E-state index in [-0.39, 0.29) is 34.8 Å². The van der Waals surface area contributed by atoms with Gasteiger partial charge in [0.25, 0.3) is 0 Å². The number of hydrogen-bond donors (Lipinski definition) is 3. The first-order valence-corrected chi connectivity index (χ1v) is 8.54. The summed E-state index contributed by atoms with van der Waals surface area (Å²) in [4.78, 5) is 12.6. The minimum absolute atomic E-state index is 0.0687. The highest BCUT2D eigenvalue weighted by molar-refractivity contribution is 6.05. The van der Waals surface area contributed by atoms with Gasteiger partial charge in [0.15, 0.2) is 11.4 Å². The lowest BCUT2D eigenvalue weighted by atomic mass is 9.71. The maximum atomic E-state index is 12.6. The maximum Gasteiger partial charge on any atom is 0.190 e. The van der Waals surface area contributed by atoms with Crippen molar-refractivity contribution in [1.29, 1.82) is 0 Å². The topological polar surface area (TPSA) is 96.2 Å². The van der Waals surface area contributed by atoms with Crippen LogP contribution in [0.5, 0.6) is 23.0 Å². The number of carbonyl (C=O) groups excluding carboxylic acids is 1. The summed E-state index contributed by atoms with van der Waals surface area (Å²) in [7, 11) is 1.49. The summed E-state index contributed by atoms with van der Waals surface area (Å²) in [6.07, 6.45) is -0.608. The molecule has 1 aliphatic heterocycles. The highest BCUT2D eigenvalue weighted by Gasteiger charge is 2.56. The molecule has 0 saturated heterocycles. The van der Waals surface area contributed by atoms with Crippen LogP contribution in [0.2, 0.25) is 0 Å². The van der Waals surface area contributed by atoms with Crippen molar-refractivity contribution in [3.63, 3.8) is 0 Å². The Labute approximate surface area is 154 Å². The minimum Gasteiger partial charge on any atom is -0.507 e. The summed E-state index contributed by atoms with van der Waals surface area (Å²) in [5, 5.41) is 32.0. The number of phenolic OH excluding ortho intramolecular Hbond substituents is 3. The van der Waals surface area contributed by atoms with Gasteiger partial charge in [-0.3, -0.25) is 4.79 Å². The zero-order chi connectivity index (χ0) is 18.9. The smallest absolute Gasteiger partial charge is 0.190 e. The van der Waals surface area contributed by atoms with Crippen LogP contribution in [0, 0.1) is 0 Å². The summed E-state index contributed by atoms with van der Waals surface area (Å²) in [6.45, 7) is 0. The zero-order valence-electron chi connectivity index (χ0n) is 14.4. The van der Waals surface area contributed by atoms with Gasteiger partial charge >= 0.3 is 0 Å². The molecule has 3 aromatic rings. The van der Waals surface area contributed by atoms with E-state index in [0.717, 1.165) is 0 Å². The first kappa shape index (κ1) is 16.0.